The van der Waals surface area contributed by atoms with Gasteiger partial charge in [-0.05, 0) is 51.1 Å². The first-order valence-corrected chi connectivity index (χ1v) is 9.81. The minimum atomic E-state index is -3.85. The monoisotopic (exact) mass is 394 g/mol. The molecule has 27 heavy (non-hydrogen) atoms. The van der Waals surface area contributed by atoms with Crippen LogP contribution in [0.5, 0.6) is 0 Å². The summed E-state index contributed by atoms with van der Waals surface area (Å²) in [5, 5.41) is 2.63. The highest BCUT2D eigenvalue weighted by molar-refractivity contribution is 7.89. The van der Waals surface area contributed by atoms with Gasteiger partial charge in [0.25, 0.3) is 5.91 Å². The van der Waals surface area contributed by atoms with E-state index < -0.39 is 28.0 Å². The molecule has 0 saturated carbocycles. The molecule has 0 aliphatic carbocycles. The SMILES string of the molecule is CC(C)NC(=O)[C@@H](C)OC(=O)c1cccc(S(=O)(=O)NCc2ccco2)c1. The van der Waals surface area contributed by atoms with Crippen molar-refractivity contribution in [2.24, 2.45) is 0 Å². The predicted octanol–water partition coefficient (Wildman–Crippen LogP) is 1.83. The Morgan fingerprint density at radius 2 is 1.89 bits per heavy atom. The molecule has 0 unspecified atom stereocenters. The molecule has 146 valence electrons. The number of rotatable bonds is 8. The van der Waals surface area contributed by atoms with Crippen molar-refractivity contribution in [2.45, 2.75) is 44.4 Å². The fourth-order valence-electron chi connectivity index (χ4n) is 2.14. The van der Waals surface area contributed by atoms with E-state index >= 15 is 0 Å². The summed E-state index contributed by atoms with van der Waals surface area (Å²) in [6.07, 6.45) is 0.439. The number of ether oxygens (including phenoxy) is 1. The smallest absolute Gasteiger partial charge is 0.338 e. The lowest BCUT2D eigenvalue weighted by atomic mass is 10.2. The first-order chi connectivity index (χ1) is 12.7. The molecule has 1 aromatic heterocycles. The highest BCUT2D eigenvalue weighted by Gasteiger charge is 2.21. The van der Waals surface area contributed by atoms with Crippen molar-refractivity contribution >= 4 is 21.9 Å². The zero-order valence-corrected chi connectivity index (χ0v) is 16.1. The number of sulfonamides is 1. The quantitative estimate of drug-likeness (QED) is 0.660. The Morgan fingerprint density at radius 3 is 2.52 bits per heavy atom. The van der Waals surface area contributed by atoms with E-state index in [1.807, 2.05) is 0 Å². The third-order valence-corrected chi connectivity index (χ3v) is 4.88. The maximum absolute atomic E-state index is 12.4. The van der Waals surface area contributed by atoms with Crippen LogP contribution in [0.4, 0.5) is 0 Å². The number of furan rings is 1. The molecule has 1 heterocycles. The first-order valence-electron chi connectivity index (χ1n) is 8.32. The number of carbonyl (C=O) groups is 2. The molecule has 2 rings (SSSR count). The van der Waals surface area contributed by atoms with Crippen molar-refractivity contribution in [3.8, 4) is 0 Å². The molecule has 1 amide bonds. The molecule has 2 N–H and O–H groups in total. The van der Waals surface area contributed by atoms with Crippen LogP contribution in [0.1, 0.15) is 36.9 Å². The van der Waals surface area contributed by atoms with Crippen molar-refractivity contribution in [2.75, 3.05) is 0 Å². The lowest BCUT2D eigenvalue weighted by Gasteiger charge is -2.15. The summed E-state index contributed by atoms with van der Waals surface area (Å²) in [7, 11) is -3.85. The van der Waals surface area contributed by atoms with Crippen molar-refractivity contribution in [1.82, 2.24) is 10.0 Å². The second-order valence-electron chi connectivity index (χ2n) is 6.14. The van der Waals surface area contributed by atoms with Gasteiger partial charge in [-0.1, -0.05) is 6.07 Å². The summed E-state index contributed by atoms with van der Waals surface area (Å²) in [4.78, 5) is 24.0. The molecule has 0 spiro atoms. The highest BCUT2D eigenvalue weighted by atomic mass is 32.2. The third kappa shape index (κ3) is 5.93. The van der Waals surface area contributed by atoms with Gasteiger partial charge in [0.2, 0.25) is 10.0 Å². The molecule has 9 heteroatoms. The van der Waals surface area contributed by atoms with Crippen LogP contribution in [0, 0.1) is 0 Å². The Morgan fingerprint density at radius 1 is 1.15 bits per heavy atom. The van der Waals surface area contributed by atoms with Crippen LogP contribution in [0.3, 0.4) is 0 Å². The normalized spacial score (nSPS) is 12.6. The Bertz CT molecular complexity index is 890. The van der Waals surface area contributed by atoms with E-state index in [-0.39, 0.29) is 23.0 Å². The van der Waals surface area contributed by atoms with Gasteiger partial charge in [-0.2, -0.15) is 0 Å². The average Bonchev–Trinajstić information content (AvgIpc) is 3.13. The van der Waals surface area contributed by atoms with Crippen LogP contribution >= 0.6 is 0 Å². The van der Waals surface area contributed by atoms with Gasteiger partial charge < -0.3 is 14.5 Å². The van der Waals surface area contributed by atoms with Crippen LogP contribution in [-0.2, 0) is 26.1 Å². The van der Waals surface area contributed by atoms with Crippen LogP contribution < -0.4 is 10.0 Å². The molecule has 1 atom stereocenters. The molecule has 8 nitrogen and oxygen atoms in total. The van der Waals surface area contributed by atoms with Gasteiger partial charge in [0, 0.05) is 6.04 Å². The van der Waals surface area contributed by atoms with E-state index in [1.54, 1.807) is 26.0 Å². The molecule has 2 aromatic rings. The molecule has 0 bridgehead atoms. The van der Waals surface area contributed by atoms with Crippen LogP contribution in [0.25, 0.3) is 0 Å². The van der Waals surface area contributed by atoms with Crippen molar-refractivity contribution in [1.29, 1.82) is 0 Å². The van der Waals surface area contributed by atoms with Crippen molar-refractivity contribution in [3.05, 3.63) is 54.0 Å². The zero-order chi connectivity index (χ0) is 20.0. The second kappa shape index (κ2) is 8.83. The topological polar surface area (TPSA) is 115 Å². The van der Waals surface area contributed by atoms with Gasteiger partial charge >= 0.3 is 5.97 Å². The lowest BCUT2D eigenvalue weighted by molar-refractivity contribution is -0.129. The van der Waals surface area contributed by atoms with Gasteiger partial charge in [-0.25, -0.2) is 17.9 Å². The van der Waals surface area contributed by atoms with Gasteiger partial charge in [-0.15, -0.1) is 0 Å². The Balaban J connectivity index is 2.07. The zero-order valence-electron chi connectivity index (χ0n) is 15.3. The predicted molar refractivity (Wildman–Crippen MR) is 97.3 cm³/mol. The van der Waals surface area contributed by atoms with E-state index in [0.29, 0.717) is 5.76 Å². The first kappa shape index (κ1) is 20.7. The van der Waals surface area contributed by atoms with Gasteiger partial charge in [-0.3, -0.25) is 4.79 Å². The van der Waals surface area contributed by atoms with Crippen LogP contribution in [-0.4, -0.2) is 32.4 Å². The molecular formula is C18H22N2O6S. The summed E-state index contributed by atoms with van der Waals surface area (Å²) in [5.74, 6) is -0.758. The minimum Gasteiger partial charge on any atom is -0.468 e. The summed E-state index contributed by atoms with van der Waals surface area (Å²) in [6.45, 7) is 5.00. The molecule has 0 radical (unpaired) electrons. The largest absolute Gasteiger partial charge is 0.468 e. The number of esters is 1. The molecule has 0 aliphatic heterocycles. The van der Waals surface area contributed by atoms with Crippen LogP contribution in [0.2, 0.25) is 0 Å². The van der Waals surface area contributed by atoms with E-state index in [2.05, 4.69) is 10.0 Å². The lowest BCUT2D eigenvalue weighted by Crippen LogP contribution is -2.39. The van der Waals surface area contributed by atoms with Crippen LogP contribution in [0.15, 0.2) is 52.0 Å². The molecule has 0 saturated heterocycles. The number of amides is 1. The van der Waals surface area contributed by atoms with E-state index in [0.717, 1.165) is 0 Å². The Kier molecular flexibility index (Phi) is 6.75. The number of hydrogen-bond acceptors (Lipinski definition) is 6. The van der Waals surface area contributed by atoms with Gasteiger partial charge in [0.15, 0.2) is 6.10 Å². The Hall–Kier alpha value is -2.65. The molecular weight excluding hydrogens is 372 g/mol. The molecule has 1 aromatic carbocycles. The molecule has 0 fully saturated rings. The number of nitrogens with one attached hydrogen (secondary N) is 2. The molecule has 0 aliphatic rings. The number of hydrogen-bond donors (Lipinski definition) is 2. The maximum Gasteiger partial charge on any atom is 0.338 e. The van der Waals surface area contributed by atoms with E-state index in [9.17, 15) is 18.0 Å². The summed E-state index contributed by atoms with van der Waals surface area (Å²) >= 11 is 0. The van der Waals surface area contributed by atoms with Gasteiger partial charge in [0.1, 0.15) is 5.76 Å². The summed E-state index contributed by atoms with van der Waals surface area (Å²) < 4.78 is 37.3. The summed E-state index contributed by atoms with van der Waals surface area (Å²) in [5.41, 5.74) is 0.0278. The van der Waals surface area contributed by atoms with E-state index in [1.165, 1.54) is 37.5 Å². The number of benzene rings is 1. The summed E-state index contributed by atoms with van der Waals surface area (Å²) in [6, 6.07) is 8.59. The highest BCUT2D eigenvalue weighted by Crippen LogP contribution is 2.14. The maximum atomic E-state index is 12.4. The fraction of sp³-hybridized carbons (Fsp3) is 0.333. The standard InChI is InChI=1S/C18H22N2O6S/c1-12(2)20-17(21)13(3)26-18(22)14-6-4-8-16(10-14)27(23,24)19-11-15-7-5-9-25-15/h4-10,12-13,19H,11H2,1-3H3,(H,20,21)/t13-/m1/s1. The fourth-order valence-corrected chi connectivity index (χ4v) is 3.18. The van der Waals surface area contributed by atoms with Gasteiger partial charge in [0.05, 0.1) is 23.3 Å². The third-order valence-electron chi connectivity index (χ3n) is 3.48. The minimum absolute atomic E-state index is 0.0174. The van der Waals surface area contributed by atoms with Crippen molar-refractivity contribution < 1.29 is 27.2 Å². The van der Waals surface area contributed by atoms with E-state index in [4.69, 9.17) is 9.15 Å². The average molecular weight is 394 g/mol. The Labute approximate surface area is 157 Å². The number of carbonyl (C=O) groups excluding carboxylic acids is 2. The van der Waals surface area contributed by atoms with Crippen molar-refractivity contribution in [3.63, 3.8) is 0 Å². The second-order valence-corrected chi connectivity index (χ2v) is 7.91.